The zero-order valence-corrected chi connectivity index (χ0v) is 14.0. The maximum Gasteiger partial charge on any atom is 0.277 e. The molecule has 2 aromatic carbocycles. The first-order valence-electron chi connectivity index (χ1n) is 7.99. The third-order valence-corrected chi connectivity index (χ3v) is 4.12. The second kappa shape index (κ2) is 7.23. The van der Waals surface area contributed by atoms with Crippen molar-refractivity contribution in [3.05, 3.63) is 58.9 Å². The van der Waals surface area contributed by atoms with Gasteiger partial charge in [-0.3, -0.25) is 4.79 Å². The molecule has 2 N–H and O–H groups in total. The van der Waals surface area contributed by atoms with Crippen molar-refractivity contribution in [2.45, 2.75) is 19.3 Å². The van der Waals surface area contributed by atoms with E-state index in [9.17, 15) is 14.3 Å². The van der Waals surface area contributed by atoms with Crippen LogP contribution < -0.4 is 10.2 Å². The Kier molecular flexibility index (Phi) is 4.85. The van der Waals surface area contributed by atoms with Crippen molar-refractivity contribution < 1.29 is 19.0 Å². The van der Waals surface area contributed by atoms with E-state index in [2.05, 4.69) is 10.5 Å². The number of hydrazone groups is 1. The fraction of sp³-hybridized carbons (Fsp3) is 0.211. The lowest BCUT2D eigenvalue weighted by atomic mass is 10.0. The summed E-state index contributed by atoms with van der Waals surface area (Å²) in [4.78, 5) is 11.9. The van der Waals surface area contributed by atoms with Gasteiger partial charge in [-0.05, 0) is 48.7 Å². The fourth-order valence-electron chi connectivity index (χ4n) is 2.90. The average Bonchev–Trinajstić information content (AvgIpc) is 2.99. The monoisotopic (exact) mass is 353 g/mol. The summed E-state index contributed by atoms with van der Waals surface area (Å²) in [7, 11) is 0. The van der Waals surface area contributed by atoms with Gasteiger partial charge in [-0.1, -0.05) is 6.92 Å². The maximum atomic E-state index is 14.0. The number of benzene rings is 2. The Morgan fingerprint density at radius 2 is 2.12 bits per heavy atom. The van der Waals surface area contributed by atoms with Crippen molar-refractivity contribution >= 4 is 11.6 Å². The number of nitriles is 1. The molecular weight excluding hydrogens is 337 g/mol. The Labute approximate surface area is 149 Å². The van der Waals surface area contributed by atoms with Gasteiger partial charge in [0.15, 0.2) is 6.61 Å². The number of aromatic hydroxyl groups is 1. The molecule has 26 heavy (non-hydrogen) atoms. The Morgan fingerprint density at radius 3 is 2.81 bits per heavy atom. The molecule has 3 rings (SSSR count). The smallest absolute Gasteiger partial charge is 0.277 e. The Hall–Kier alpha value is -3.40. The van der Waals surface area contributed by atoms with E-state index in [4.69, 9.17) is 10.00 Å². The van der Waals surface area contributed by atoms with Crippen LogP contribution in [0.5, 0.6) is 11.5 Å². The fourth-order valence-corrected chi connectivity index (χ4v) is 2.90. The van der Waals surface area contributed by atoms with E-state index >= 15 is 0 Å². The van der Waals surface area contributed by atoms with Gasteiger partial charge >= 0.3 is 0 Å². The van der Waals surface area contributed by atoms with E-state index in [0.717, 1.165) is 0 Å². The summed E-state index contributed by atoms with van der Waals surface area (Å²) in [5, 5.41) is 22.8. The molecule has 132 valence electrons. The van der Waals surface area contributed by atoms with Gasteiger partial charge in [0.25, 0.3) is 5.91 Å². The Bertz CT molecular complexity index is 917. The van der Waals surface area contributed by atoms with E-state index in [1.165, 1.54) is 12.1 Å². The van der Waals surface area contributed by atoms with E-state index in [1.54, 1.807) is 24.3 Å². The molecule has 0 saturated carbocycles. The number of halogens is 1. The largest absolute Gasteiger partial charge is 0.507 e. The zero-order valence-electron chi connectivity index (χ0n) is 14.0. The van der Waals surface area contributed by atoms with Gasteiger partial charge in [0.2, 0.25) is 0 Å². The van der Waals surface area contributed by atoms with Crippen molar-refractivity contribution in [1.82, 2.24) is 5.43 Å². The molecule has 0 fully saturated rings. The number of nitrogens with one attached hydrogen (secondary N) is 1. The summed E-state index contributed by atoms with van der Waals surface area (Å²) in [6.07, 6.45) is 0.417. The number of carbonyl (C=O) groups is 1. The molecule has 6 nitrogen and oxygen atoms in total. The second-order valence-electron chi connectivity index (χ2n) is 5.98. The number of phenols is 1. The number of hydrogen-bond donors (Lipinski definition) is 2. The molecule has 1 aliphatic carbocycles. The lowest BCUT2D eigenvalue weighted by Crippen LogP contribution is -2.25. The van der Waals surface area contributed by atoms with Crippen LogP contribution in [-0.4, -0.2) is 23.3 Å². The first kappa shape index (κ1) is 17.4. The van der Waals surface area contributed by atoms with Crippen LogP contribution in [0, 0.1) is 17.1 Å². The molecule has 1 amide bonds. The number of rotatable bonds is 4. The van der Waals surface area contributed by atoms with Gasteiger partial charge in [0.05, 0.1) is 17.3 Å². The predicted octanol–water partition coefficient (Wildman–Crippen LogP) is 2.81. The average molecular weight is 353 g/mol. The molecule has 0 bridgehead atoms. The summed E-state index contributed by atoms with van der Waals surface area (Å²) >= 11 is 0. The number of ether oxygens (including phenoxy) is 1. The third-order valence-electron chi connectivity index (χ3n) is 4.12. The van der Waals surface area contributed by atoms with Gasteiger partial charge in [0, 0.05) is 11.1 Å². The summed E-state index contributed by atoms with van der Waals surface area (Å²) in [5.41, 5.74) is 4.03. The molecule has 1 aliphatic rings. The van der Waals surface area contributed by atoms with Crippen LogP contribution in [0.15, 0.2) is 41.5 Å². The number of nitrogens with zero attached hydrogens (tertiary/aromatic N) is 2. The Balaban J connectivity index is 1.65. The van der Waals surface area contributed by atoms with Crippen LogP contribution in [0.2, 0.25) is 0 Å². The molecule has 2 aromatic rings. The second-order valence-corrected chi connectivity index (χ2v) is 5.98. The summed E-state index contributed by atoms with van der Waals surface area (Å²) < 4.78 is 19.3. The topological polar surface area (TPSA) is 94.7 Å². The number of hydrogen-bond acceptors (Lipinski definition) is 5. The van der Waals surface area contributed by atoms with E-state index < -0.39 is 11.7 Å². The van der Waals surface area contributed by atoms with Gasteiger partial charge in [0.1, 0.15) is 17.3 Å². The van der Waals surface area contributed by atoms with Crippen LogP contribution in [0.4, 0.5) is 4.39 Å². The van der Waals surface area contributed by atoms with Crippen molar-refractivity contribution in [2.75, 3.05) is 6.61 Å². The van der Waals surface area contributed by atoms with Crippen LogP contribution in [0.25, 0.3) is 0 Å². The van der Waals surface area contributed by atoms with Crippen LogP contribution in [0.3, 0.4) is 0 Å². The molecule has 0 radical (unpaired) electrons. The molecule has 1 atom stereocenters. The number of amides is 1. The minimum atomic E-state index is -0.487. The Morgan fingerprint density at radius 1 is 1.38 bits per heavy atom. The first-order chi connectivity index (χ1) is 12.5. The molecule has 0 saturated heterocycles. The van der Waals surface area contributed by atoms with Gasteiger partial charge in [-0.2, -0.15) is 10.4 Å². The number of carbonyl (C=O) groups excluding carboxylic acids is 1. The number of fused-ring (bicyclic) bond motifs is 1. The van der Waals surface area contributed by atoms with Crippen LogP contribution in [0.1, 0.15) is 36.0 Å². The number of phenolic OH excluding ortho intramolecular Hbond substituents is 1. The van der Waals surface area contributed by atoms with Gasteiger partial charge in [-0.15, -0.1) is 0 Å². The highest BCUT2D eigenvalue weighted by Gasteiger charge is 2.30. The van der Waals surface area contributed by atoms with Gasteiger partial charge < -0.3 is 9.84 Å². The molecule has 0 aliphatic heterocycles. The highest BCUT2D eigenvalue weighted by molar-refractivity contribution is 6.07. The summed E-state index contributed by atoms with van der Waals surface area (Å²) in [5.74, 6) is -0.633. The standard InChI is InChI=1S/C19H16FN3O3/c1-11-8-15(19-16(24)7-6-14(20)18(11)19)22-23-17(25)10-26-13-4-2-12(9-21)3-5-13/h2-7,11,24H,8,10H2,1H3,(H,23,25)/b22-15+/t11-/m1/s1. The lowest BCUT2D eigenvalue weighted by Gasteiger charge is -2.07. The normalized spacial score (nSPS) is 16.8. The van der Waals surface area contributed by atoms with Crippen molar-refractivity contribution in [3.63, 3.8) is 0 Å². The summed E-state index contributed by atoms with van der Waals surface area (Å²) in [6.45, 7) is 1.57. The molecule has 7 heteroatoms. The minimum absolute atomic E-state index is 0.0624. The highest BCUT2D eigenvalue weighted by atomic mass is 19.1. The van der Waals surface area contributed by atoms with Crippen LogP contribution >= 0.6 is 0 Å². The van der Waals surface area contributed by atoms with Crippen molar-refractivity contribution in [1.29, 1.82) is 5.26 Å². The van der Waals surface area contributed by atoms with Crippen LogP contribution in [-0.2, 0) is 4.79 Å². The predicted molar refractivity (Wildman–Crippen MR) is 92.4 cm³/mol. The minimum Gasteiger partial charge on any atom is -0.507 e. The molecule has 0 heterocycles. The molecule has 0 aromatic heterocycles. The van der Waals surface area contributed by atoms with Crippen molar-refractivity contribution in [2.24, 2.45) is 5.10 Å². The molecular formula is C19H16FN3O3. The van der Waals surface area contributed by atoms with E-state index in [-0.39, 0.29) is 18.3 Å². The van der Waals surface area contributed by atoms with Crippen molar-refractivity contribution in [3.8, 4) is 17.6 Å². The third kappa shape index (κ3) is 3.49. The lowest BCUT2D eigenvalue weighted by molar-refractivity contribution is -0.123. The first-order valence-corrected chi connectivity index (χ1v) is 7.99. The van der Waals surface area contributed by atoms with Gasteiger partial charge in [-0.25, -0.2) is 9.82 Å². The van der Waals surface area contributed by atoms with E-state index in [1.807, 2.05) is 13.0 Å². The zero-order chi connectivity index (χ0) is 18.7. The maximum absolute atomic E-state index is 14.0. The quantitative estimate of drug-likeness (QED) is 0.827. The SMILES string of the molecule is C[C@@H]1C/C(=N\NC(=O)COc2ccc(C#N)cc2)c2c(O)ccc(F)c21. The molecule has 0 spiro atoms. The van der Waals surface area contributed by atoms with E-state index in [0.29, 0.717) is 34.6 Å². The molecule has 0 unspecified atom stereocenters. The summed E-state index contributed by atoms with van der Waals surface area (Å²) in [6, 6.07) is 10.8. The highest BCUT2D eigenvalue weighted by Crippen LogP contribution is 2.39.